The fourth-order valence-corrected chi connectivity index (χ4v) is 3.86. The molecule has 0 bridgehead atoms. The Labute approximate surface area is 155 Å². The van der Waals surface area contributed by atoms with Crippen molar-refractivity contribution >= 4 is 11.4 Å². The minimum absolute atomic E-state index is 1.09. The van der Waals surface area contributed by atoms with Gasteiger partial charge in [0, 0.05) is 0 Å². The highest BCUT2D eigenvalue weighted by Gasteiger charge is 2.28. The van der Waals surface area contributed by atoms with E-state index in [4.69, 9.17) is 4.99 Å². The van der Waals surface area contributed by atoms with Crippen molar-refractivity contribution in [3.63, 3.8) is 0 Å². The van der Waals surface area contributed by atoms with Gasteiger partial charge in [-0.05, 0) is 67.0 Å². The van der Waals surface area contributed by atoms with Crippen molar-refractivity contribution in [3.05, 3.63) is 52.1 Å². The molecule has 2 rings (SSSR count). The number of rotatable bonds is 9. The van der Waals surface area contributed by atoms with E-state index < -0.39 is 0 Å². The number of allylic oxidation sites excluding steroid dienone is 4. The molecule has 1 aliphatic carbocycles. The lowest BCUT2D eigenvalue weighted by molar-refractivity contribution is 0.825. The van der Waals surface area contributed by atoms with Crippen LogP contribution in [-0.2, 0) is 0 Å². The monoisotopic (exact) mass is 337 g/mol. The highest BCUT2D eigenvalue weighted by atomic mass is 14.8. The lowest BCUT2D eigenvalue weighted by Gasteiger charge is -2.10. The van der Waals surface area contributed by atoms with Gasteiger partial charge >= 0.3 is 0 Å². The Kier molecular flexibility index (Phi) is 7.68. The molecule has 0 spiro atoms. The van der Waals surface area contributed by atoms with Crippen LogP contribution in [0.15, 0.2) is 51.6 Å². The lowest BCUT2D eigenvalue weighted by atomic mass is 9.95. The van der Waals surface area contributed by atoms with Gasteiger partial charge in [0.1, 0.15) is 0 Å². The first-order valence-electron chi connectivity index (χ1n) is 10.3. The largest absolute Gasteiger partial charge is 0.248 e. The highest BCUT2D eigenvalue weighted by molar-refractivity contribution is 6.18. The first-order valence-corrected chi connectivity index (χ1v) is 10.3. The van der Waals surface area contributed by atoms with Crippen molar-refractivity contribution in [2.24, 2.45) is 4.99 Å². The van der Waals surface area contributed by atoms with Gasteiger partial charge in [0.25, 0.3) is 0 Å². The van der Waals surface area contributed by atoms with Gasteiger partial charge in [-0.3, -0.25) is 0 Å². The van der Waals surface area contributed by atoms with Crippen LogP contribution in [0.3, 0.4) is 0 Å². The Bertz CT molecular complexity index is 622. The zero-order valence-corrected chi connectivity index (χ0v) is 16.9. The Morgan fingerprint density at radius 2 is 1.00 bits per heavy atom. The van der Waals surface area contributed by atoms with Crippen molar-refractivity contribution < 1.29 is 0 Å². The minimum Gasteiger partial charge on any atom is -0.248 e. The van der Waals surface area contributed by atoms with Gasteiger partial charge in [-0.15, -0.1) is 0 Å². The third-order valence-corrected chi connectivity index (χ3v) is 4.94. The maximum absolute atomic E-state index is 5.17. The van der Waals surface area contributed by atoms with Crippen molar-refractivity contribution in [2.75, 3.05) is 0 Å². The average Bonchev–Trinajstić information content (AvgIpc) is 2.85. The van der Waals surface area contributed by atoms with E-state index in [0.717, 1.165) is 18.5 Å². The van der Waals surface area contributed by atoms with Crippen LogP contribution in [-0.4, -0.2) is 5.71 Å². The first kappa shape index (κ1) is 19.7. The molecule has 0 heterocycles. The maximum atomic E-state index is 5.17. The second-order valence-electron chi connectivity index (χ2n) is 7.21. The zero-order valence-electron chi connectivity index (χ0n) is 16.9. The van der Waals surface area contributed by atoms with Crippen LogP contribution in [0.1, 0.15) is 84.6 Å². The summed E-state index contributed by atoms with van der Waals surface area (Å²) in [4.78, 5) is 5.17. The van der Waals surface area contributed by atoms with Crippen LogP contribution < -0.4 is 0 Å². The summed E-state index contributed by atoms with van der Waals surface area (Å²) in [6, 6.07) is 8.65. The quantitative estimate of drug-likeness (QED) is 0.434. The summed E-state index contributed by atoms with van der Waals surface area (Å²) in [5.41, 5.74) is 10.0. The van der Waals surface area contributed by atoms with Gasteiger partial charge in [-0.25, -0.2) is 4.99 Å². The number of benzene rings is 1. The van der Waals surface area contributed by atoms with Gasteiger partial charge in [0.05, 0.1) is 11.4 Å². The van der Waals surface area contributed by atoms with E-state index in [1.54, 1.807) is 11.1 Å². The second kappa shape index (κ2) is 9.75. The molecule has 0 radical (unpaired) electrons. The normalized spacial score (nSPS) is 14.7. The summed E-state index contributed by atoms with van der Waals surface area (Å²) in [6.07, 6.45) is 9.51. The third kappa shape index (κ3) is 4.71. The molecule has 0 aromatic heterocycles. The van der Waals surface area contributed by atoms with Gasteiger partial charge in [0.15, 0.2) is 0 Å². The fraction of sp³-hybridized carbons (Fsp3) is 0.542. The summed E-state index contributed by atoms with van der Waals surface area (Å²) in [6.45, 7) is 11.3. The molecule has 136 valence electrons. The Morgan fingerprint density at radius 3 is 1.40 bits per heavy atom. The van der Waals surface area contributed by atoms with E-state index >= 15 is 0 Å². The molecule has 0 unspecified atom stereocenters. The van der Waals surface area contributed by atoms with Crippen LogP contribution in [0.5, 0.6) is 0 Å². The molecule has 0 N–H and O–H groups in total. The highest BCUT2D eigenvalue weighted by Crippen LogP contribution is 2.40. The van der Waals surface area contributed by atoms with Gasteiger partial charge < -0.3 is 0 Å². The van der Waals surface area contributed by atoms with E-state index in [1.165, 1.54) is 60.9 Å². The Morgan fingerprint density at radius 1 is 0.600 bits per heavy atom. The van der Waals surface area contributed by atoms with E-state index in [9.17, 15) is 0 Å². The van der Waals surface area contributed by atoms with E-state index in [-0.39, 0.29) is 0 Å². The Hall–Kier alpha value is -1.63. The Balaban J connectivity index is 2.58. The van der Waals surface area contributed by atoms with Crippen molar-refractivity contribution in [3.8, 4) is 0 Å². The second-order valence-corrected chi connectivity index (χ2v) is 7.21. The predicted molar refractivity (Wildman–Crippen MR) is 112 cm³/mol. The van der Waals surface area contributed by atoms with Crippen molar-refractivity contribution in [1.82, 2.24) is 0 Å². The minimum atomic E-state index is 1.09. The van der Waals surface area contributed by atoms with Crippen molar-refractivity contribution in [2.45, 2.75) is 86.0 Å². The molecule has 0 fully saturated rings. The molecular weight excluding hydrogens is 302 g/mol. The van der Waals surface area contributed by atoms with Crippen LogP contribution in [0.4, 0.5) is 5.69 Å². The molecule has 0 saturated heterocycles. The molecule has 1 aromatic carbocycles. The molecule has 1 heteroatoms. The summed E-state index contributed by atoms with van der Waals surface area (Å²) >= 11 is 0. The number of hydrogen-bond donors (Lipinski definition) is 0. The van der Waals surface area contributed by atoms with E-state index in [1.807, 2.05) is 0 Å². The van der Waals surface area contributed by atoms with Crippen LogP contribution in [0, 0.1) is 6.92 Å². The van der Waals surface area contributed by atoms with Crippen LogP contribution in [0.25, 0.3) is 0 Å². The van der Waals surface area contributed by atoms with E-state index in [0.29, 0.717) is 0 Å². The first-order chi connectivity index (χ1) is 12.2. The predicted octanol–water partition coefficient (Wildman–Crippen LogP) is 7.87. The smallest absolute Gasteiger partial charge is 0.0706 e. The number of aryl methyl sites for hydroxylation is 1. The number of hydrogen-bond acceptors (Lipinski definition) is 1. The summed E-state index contributed by atoms with van der Waals surface area (Å²) in [7, 11) is 0. The molecule has 1 aromatic rings. The molecular formula is C24H35N. The van der Waals surface area contributed by atoms with Gasteiger partial charge in [-0.1, -0.05) is 71.1 Å². The molecule has 0 aliphatic heterocycles. The molecule has 0 atom stereocenters. The number of aliphatic imine (C=N–C) groups is 1. The molecule has 1 nitrogen and oxygen atoms in total. The fourth-order valence-electron chi connectivity index (χ4n) is 3.86. The zero-order chi connectivity index (χ0) is 18.2. The lowest BCUT2D eigenvalue weighted by Crippen LogP contribution is -2.04. The molecule has 25 heavy (non-hydrogen) atoms. The SMILES string of the molecule is CCCC1=C(CCC)C(CCC)=C(CCC)C1=Nc1ccc(C)cc1. The topological polar surface area (TPSA) is 12.4 Å². The van der Waals surface area contributed by atoms with E-state index in [2.05, 4.69) is 58.9 Å². The maximum Gasteiger partial charge on any atom is 0.0706 e. The van der Waals surface area contributed by atoms with Gasteiger partial charge in [0.2, 0.25) is 0 Å². The molecule has 1 aliphatic rings. The number of nitrogens with zero attached hydrogens (tertiary/aromatic N) is 1. The van der Waals surface area contributed by atoms with Crippen LogP contribution >= 0.6 is 0 Å². The summed E-state index contributed by atoms with van der Waals surface area (Å²) < 4.78 is 0. The molecule has 0 saturated carbocycles. The summed E-state index contributed by atoms with van der Waals surface area (Å²) in [5.74, 6) is 0. The third-order valence-electron chi connectivity index (χ3n) is 4.94. The molecule has 0 amide bonds. The summed E-state index contributed by atoms with van der Waals surface area (Å²) in [5, 5.41) is 0. The van der Waals surface area contributed by atoms with Crippen molar-refractivity contribution in [1.29, 1.82) is 0 Å². The van der Waals surface area contributed by atoms with Crippen LogP contribution in [0.2, 0.25) is 0 Å². The van der Waals surface area contributed by atoms with Gasteiger partial charge in [-0.2, -0.15) is 0 Å². The average molecular weight is 338 g/mol. The standard InChI is InChI=1S/C24H35N/c1-6-10-20-21(11-7-2)23(13-9-4)24(22(20)12-8-3)25-19-16-14-18(5)15-17-19/h14-17H,6-13H2,1-5H3.